The number of methoxy groups -OCH3 is 1. The summed E-state index contributed by atoms with van der Waals surface area (Å²) in [7, 11) is 1.73. The summed E-state index contributed by atoms with van der Waals surface area (Å²) >= 11 is 1.77. The lowest BCUT2D eigenvalue weighted by Gasteiger charge is -2.34. The van der Waals surface area contributed by atoms with E-state index in [2.05, 4.69) is 46.3 Å². The Hall–Kier alpha value is -2.02. The van der Waals surface area contributed by atoms with Gasteiger partial charge in [-0.05, 0) is 25.1 Å². The van der Waals surface area contributed by atoms with Crippen LogP contribution in [0.3, 0.4) is 0 Å². The van der Waals surface area contributed by atoms with Gasteiger partial charge in [0.15, 0.2) is 0 Å². The molecule has 1 aliphatic rings. The van der Waals surface area contributed by atoms with Crippen LogP contribution in [0.25, 0.3) is 0 Å². The third kappa shape index (κ3) is 7.07. The molecule has 156 valence electrons. The first-order valence-corrected chi connectivity index (χ1v) is 11.2. The molecule has 0 saturated carbocycles. The van der Waals surface area contributed by atoms with E-state index < -0.39 is 0 Å². The molecule has 0 atom stereocenters. The molecule has 2 aromatic rings. The lowest BCUT2D eigenvalue weighted by molar-refractivity contribution is -0.122. The summed E-state index contributed by atoms with van der Waals surface area (Å²) in [5.74, 6) is 1.96. The van der Waals surface area contributed by atoms with Crippen LogP contribution in [0, 0.1) is 6.92 Å². The molecule has 0 aliphatic carbocycles. The highest BCUT2D eigenvalue weighted by molar-refractivity contribution is 7.99. The summed E-state index contributed by atoms with van der Waals surface area (Å²) in [6.07, 6.45) is 0. The topological polar surface area (TPSA) is 44.8 Å². The Labute approximate surface area is 178 Å². The fraction of sp³-hybridized carbons (Fsp3) is 0.435. The second-order valence-corrected chi connectivity index (χ2v) is 8.55. The minimum absolute atomic E-state index is 0.118. The van der Waals surface area contributed by atoms with Crippen LogP contribution in [-0.2, 0) is 11.3 Å². The number of hydrogen-bond donors (Lipinski definition) is 1. The second kappa shape index (κ2) is 11.2. The predicted molar refractivity (Wildman–Crippen MR) is 120 cm³/mol. The third-order valence-corrected chi connectivity index (χ3v) is 6.11. The molecule has 1 N–H and O–H groups in total. The Morgan fingerprint density at radius 1 is 1.07 bits per heavy atom. The predicted octanol–water partition coefficient (Wildman–Crippen LogP) is 3.03. The van der Waals surface area contributed by atoms with Crippen molar-refractivity contribution >= 4 is 17.7 Å². The van der Waals surface area contributed by atoms with Gasteiger partial charge >= 0.3 is 0 Å². The van der Waals surface area contributed by atoms with Crippen molar-refractivity contribution in [1.82, 2.24) is 15.1 Å². The molecular formula is C23H31N3O2S. The fourth-order valence-electron chi connectivity index (χ4n) is 3.51. The van der Waals surface area contributed by atoms with E-state index in [4.69, 9.17) is 4.74 Å². The molecular weight excluding hydrogens is 382 g/mol. The van der Waals surface area contributed by atoms with Gasteiger partial charge in [-0.2, -0.15) is 0 Å². The van der Waals surface area contributed by atoms with Crippen LogP contribution in [0.15, 0.2) is 53.4 Å². The van der Waals surface area contributed by atoms with E-state index >= 15 is 0 Å². The van der Waals surface area contributed by atoms with Crippen molar-refractivity contribution in [3.8, 4) is 5.75 Å². The van der Waals surface area contributed by atoms with Gasteiger partial charge in [0.05, 0.1) is 13.7 Å². The highest BCUT2D eigenvalue weighted by atomic mass is 32.2. The molecule has 0 radical (unpaired) electrons. The largest absolute Gasteiger partial charge is 0.496 e. The van der Waals surface area contributed by atoms with Gasteiger partial charge in [-0.1, -0.05) is 35.9 Å². The number of thioether (sulfide) groups is 1. The maximum atomic E-state index is 12.2. The summed E-state index contributed by atoms with van der Waals surface area (Å²) in [5.41, 5.74) is 2.48. The molecule has 1 fully saturated rings. The van der Waals surface area contributed by atoms with Crippen molar-refractivity contribution in [3.05, 3.63) is 59.7 Å². The summed E-state index contributed by atoms with van der Waals surface area (Å²) in [4.78, 5) is 18.1. The van der Waals surface area contributed by atoms with Gasteiger partial charge < -0.3 is 10.1 Å². The number of nitrogens with zero attached hydrogens (tertiary/aromatic N) is 2. The van der Waals surface area contributed by atoms with E-state index in [1.54, 1.807) is 18.9 Å². The zero-order valence-electron chi connectivity index (χ0n) is 17.4. The van der Waals surface area contributed by atoms with Crippen LogP contribution in [0.4, 0.5) is 0 Å². The van der Waals surface area contributed by atoms with Crippen LogP contribution >= 0.6 is 11.8 Å². The number of benzene rings is 2. The molecule has 2 aromatic carbocycles. The molecule has 0 aromatic heterocycles. The Morgan fingerprint density at radius 2 is 1.79 bits per heavy atom. The quantitative estimate of drug-likeness (QED) is 0.506. The molecule has 5 nitrogen and oxygen atoms in total. The maximum Gasteiger partial charge on any atom is 0.234 e. The number of piperazine rings is 1. The summed E-state index contributed by atoms with van der Waals surface area (Å²) in [6, 6.07) is 16.6. The first-order chi connectivity index (χ1) is 14.1. The summed E-state index contributed by atoms with van der Waals surface area (Å²) in [6.45, 7) is 7.95. The first-order valence-electron chi connectivity index (χ1n) is 10.2. The van der Waals surface area contributed by atoms with E-state index in [0.717, 1.165) is 44.2 Å². The monoisotopic (exact) mass is 413 g/mol. The third-order valence-electron chi connectivity index (χ3n) is 5.10. The molecule has 1 aliphatic heterocycles. The number of carbonyl (C=O) groups excluding carboxylic acids is 1. The average molecular weight is 414 g/mol. The van der Waals surface area contributed by atoms with E-state index in [-0.39, 0.29) is 5.91 Å². The molecule has 1 saturated heterocycles. The number of nitrogens with one attached hydrogen (secondary N) is 1. The van der Waals surface area contributed by atoms with Gasteiger partial charge in [-0.3, -0.25) is 14.6 Å². The van der Waals surface area contributed by atoms with Crippen LogP contribution < -0.4 is 10.1 Å². The van der Waals surface area contributed by atoms with E-state index in [1.807, 2.05) is 24.3 Å². The average Bonchev–Trinajstić information content (AvgIpc) is 2.74. The van der Waals surface area contributed by atoms with Gasteiger partial charge in [0.25, 0.3) is 0 Å². The lowest BCUT2D eigenvalue weighted by atomic mass is 10.1. The number of rotatable bonds is 9. The molecule has 1 heterocycles. The highest BCUT2D eigenvalue weighted by Gasteiger charge is 2.20. The minimum atomic E-state index is 0.118. The van der Waals surface area contributed by atoms with Crippen molar-refractivity contribution in [1.29, 1.82) is 0 Å². The van der Waals surface area contributed by atoms with Crippen molar-refractivity contribution in [3.63, 3.8) is 0 Å². The molecule has 6 heteroatoms. The minimum Gasteiger partial charge on any atom is -0.496 e. The zero-order chi connectivity index (χ0) is 20.5. The fourth-order valence-corrected chi connectivity index (χ4v) is 4.30. The van der Waals surface area contributed by atoms with E-state index in [9.17, 15) is 4.79 Å². The van der Waals surface area contributed by atoms with E-state index in [1.165, 1.54) is 16.0 Å². The summed E-state index contributed by atoms with van der Waals surface area (Å²) < 4.78 is 5.50. The SMILES string of the molecule is COc1ccc(C)cc1CN1CCN(CC(=O)NCCSc2ccccc2)CC1. The van der Waals surface area contributed by atoms with Gasteiger partial charge in [0.2, 0.25) is 5.91 Å². The molecule has 0 bridgehead atoms. The number of hydrogen-bond acceptors (Lipinski definition) is 5. The molecule has 29 heavy (non-hydrogen) atoms. The van der Waals surface area contributed by atoms with Crippen LogP contribution in [-0.4, -0.2) is 67.8 Å². The Bertz CT molecular complexity index is 777. The zero-order valence-corrected chi connectivity index (χ0v) is 18.2. The van der Waals surface area contributed by atoms with Crippen LogP contribution in [0.1, 0.15) is 11.1 Å². The molecule has 3 rings (SSSR count). The van der Waals surface area contributed by atoms with Crippen molar-refractivity contribution < 1.29 is 9.53 Å². The highest BCUT2D eigenvalue weighted by Crippen LogP contribution is 2.22. The van der Waals surface area contributed by atoms with Crippen LogP contribution in [0.2, 0.25) is 0 Å². The standard InChI is InChI=1S/C23H31N3O2S/c1-19-8-9-22(28-2)20(16-19)17-25-11-13-26(14-12-25)18-23(27)24-10-15-29-21-6-4-3-5-7-21/h3-9,16H,10-15,17-18H2,1-2H3,(H,24,27). The number of carbonyl (C=O) groups is 1. The first kappa shape index (κ1) is 21.7. The molecule has 1 amide bonds. The van der Waals surface area contributed by atoms with Gasteiger partial charge in [0.1, 0.15) is 5.75 Å². The maximum absolute atomic E-state index is 12.2. The normalized spacial score (nSPS) is 15.2. The van der Waals surface area contributed by atoms with Crippen molar-refractivity contribution in [2.75, 3.05) is 52.1 Å². The Kier molecular flexibility index (Phi) is 8.40. The Morgan fingerprint density at radius 3 is 2.52 bits per heavy atom. The van der Waals surface area contributed by atoms with Crippen molar-refractivity contribution in [2.24, 2.45) is 0 Å². The van der Waals surface area contributed by atoms with E-state index in [0.29, 0.717) is 13.1 Å². The number of amides is 1. The molecule has 0 unspecified atom stereocenters. The number of aryl methyl sites for hydroxylation is 1. The smallest absolute Gasteiger partial charge is 0.234 e. The Balaban J connectivity index is 1.34. The second-order valence-electron chi connectivity index (χ2n) is 7.38. The summed E-state index contributed by atoms with van der Waals surface area (Å²) in [5, 5.41) is 3.04. The number of ether oxygens (including phenoxy) is 1. The van der Waals surface area contributed by atoms with Gasteiger partial charge in [-0.15, -0.1) is 11.8 Å². The van der Waals surface area contributed by atoms with Gasteiger partial charge in [-0.25, -0.2) is 0 Å². The lowest BCUT2D eigenvalue weighted by Crippen LogP contribution is -2.49. The van der Waals surface area contributed by atoms with Gasteiger partial charge in [0, 0.05) is 55.5 Å². The molecule has 0 spiro atoms. The van der Waals surface area contributed by atoms with Crippen LogP contribution in [0.5, 0.6) is 5.75 Å². The van der Waals surface area contributed by atoms with Crippen molar-refractivity contribution in [2.45, 2.75) is 18.4 Å².